The highest BCUT2D eigenvalue weighted by molar-refractivity contribution is 8.26. The van der Waals surface area contributed by atoms with Crippen LogP contribution in [0.1, 0.15) is 37.9 Å². The maximum Gasteiger partial charge on any atom is 0.266 e. The van der Waals surface area contributed by atoms with E-state index in [1.807, 2.05) is 41.3 Å². The normalized spacial score (nSPS) is 19.9. The number of ether oxygens (including phenoxy) is 1. The number of thiocarbonyl (C=S) groups is 1. The van der Waals surface area contributed by atoms with Gasteiger partial charge in [-0.2, -0.15) is 0 Å². The summed E-state index contributed by atoms with van der Waals surface area (Å²) in [6.07, 6.45) is 9.13. The van der Waals surface area contributed by atoms with Crippen LogP contribution >= 0.6 is 24.0 Å². The topological polar surface area (TPSA) is 42.7 Å². The predicted molar refractivity (Wildman–Crippen MR) is 113 cm³/mol. The van der Waals surface area contributed by atoms with Crippen LogP contribution in [0.5, 0.6) is 5.75 Å². The zero-order valence-electron chi connectivity index (χ0n) is 15.1. The largest absolute Gasteiger partial charge is 0.497 e. The molecular weight excluding hydrogens is 378 g/mol. The number of nitrogens with zero attached hydrogens (tertiary/aromatic N) is 1. The third kappa shape index (κ3) is 3.69. The van der Waals surface area contributed by atoms with Crippen molar-refractivity contribution in [1.82, 2.24) is 4.90 Å². The summed E-state index contributed by atoms with van der Waals surface area (Å²) in [7, 11) is 1.65. The highest BCUT2D eigenvalue weighted by Crippen LogP contribution is 2.38. The quantitative estimate of drug-likeness (QED) is 0.502. The van der Waals surface area contributed by atoms with Crippen LogP contribution in [-0.2, 0) is 4.79 Å². The molecule has 2 fully saturated rings. The molecule has 4 nitrogen and oxygen atoms in total. The number of hydrogen-bond acceptors (Lipinski definition) is 5. The number of rotatable bonds is 4. The van der Waals surface area contributed by atoms with E-state index in [4.69, 9.17) is 21.4 Å². The van der Waals surface area contributed by atoms with E-state index >= 15 is 0 Å². The first kappa shape index (κ1) is 18.3. The maximum absolute atomic E-state index is 13.0. The zero-order chi connectivity index (χ0) is 18.8. The molecule has 1 aliphatic carbocycles. The molecule has 0 bridgehead atoms. The molecule has 1 aromatic carbocycles. The Kier molecular flexibility index (Phi) is 5.36. The lowest BCUT2D eigenvalue weighted by Crippen LogP contribution is -2.39. The van der Waals surface area contributed by atoms with Gasteiger partial charge >= 0.3 is 0 Å². The van der Waals surface area contributed by atoms with Crippen LogP contribution in [0, 0.1) is 0 Å². The zero-order valence-corrected chi connectivity index (χ0v) is 16.8. The van der Waals surface area contributed by atoms with Gasteiger partial charge in [-0.25, -0.2) is 0 Å². The highest BCUT2D eigenvalue weighted by atomic mass is 32.2. The van der Waals surface area contributed by atoms with Gasteiger partial charge in [-0.05, 0) is 36.6 Å². The van der Waals surface area contributed by atoms with Crippen molar-refractivity contribution in [3.05, 3.63) is 47.3 Å². The van der Waals surface area contributed by atoms with Crippen LogP contribution in [-0.4, -0.2) is 28.3 Å². The Labute approximate surface area is 168 Å². The summed E-state index contributed by atoms with van der Waals surface area (Å²) in [6.45, 7) is 0. The number of carbonyl (C=O) groups excluding carboxylic acids is 1. The van der Waals surface area contributed by atoms with Crippen LogP contribution < -0.4 is 4.74 Å². The van der Waals surface area contributed by atoms with E-state index in [0.29, 0.717) is 15.0 Å². The van der Waals surface area contributed by atoms with E-state index in [-0.39, 0.29) is 11.9 Å². The molecule has 140 valence electrons. The molecular formula is C21H21NO3S2. The molecule has 0 N–H and O–H groups in total. The van der Waals surface area contributed by atoms with E-state index in [2.05, 4.69) is 0 Å². The number of amides is 1. The molecule has 1 saturated heterocycles. The first-order valence-corrected chi connectivity index (χ1v) is 10.4. The number of benzene rings is 1. The third-order valence-electron chi connectivity index (χ3n) is 5.12. The Morgan fingerprint density at radius 2 is 1.93 bits per heavy atom. The fraction of sp³-hybridized carbons (Fsp3) is 0.333. The van der Waals surface area contributed by atoms with Gasteiger partial charge < -0.3 is 9.15 Å². The lowest BCUT2D eigenvalue weighted by molar-refractivity contribution is -0.124. The first-order chi connectivity index (χ1) is 13.2. The summed E-state index contributed by atoms with van der Waals surface area (Å²) in [5.41, 5.74) is 1.96. The van der Waals surface area contributed by atoms with Gasteiger partial charge in [0.25, 0.3) is 5.91 Å². The summed E-state index contributed by atoms with van der Waals surface area (Å²) in [5, 5.41) is 0. The summed E-state index contributed by atoms with van der Waals surface area (Å²) in [6, 6.07) is 9.94. The fourth-order valence-electron chi connectivity index (χ4n) is 3.69. The van der Waals surface area contributed by atoms with Crippen LogP contribution in [0.2, 0.25) is 0 Å². The lowest BCUT2D eigenvalue weighted by atomic mass is 9.94. The van der Waals surface area contributed by atoms with Crippen LogP contribution in [0.4, 0.5) is 0 Å². The van der Waals surface area contributed by atoms with E-state index in [9.17, 15) is 4.79 Å². The third-order valence-corrected chi connectivity index (χ3v) is 6.45. The molecule has 0 spiro atoms. The minimum atomic E-state index is 0.00832. The average Bonchev–Trinajstić information content (AvgIpc) is 3.27. The van der Waals surface area contributed by atoms with Gasteiger partial charge in [0.1, 0.15) is 15.8 Å². The monoisotopic (exact) mass is 399 g/mol. The second kappa shape index (κ2) is 7.90. The van der Waals surface area contributed by atoms with Gasteiger partial charge in [0.05, 0.1) is 18.3 Å². The molecule has 4 rings (SSSR count). The molecule has 0 unspecified atom stereocenters. The Balaban J connectivity index is 1.60. The molecule has 6 heteroatoms. The smallest absolute Gasteiger partial charge is 0.266 e. The van der Waals surface area contributed by atoms with Crippen molar-refractivity contribution in [2.24, 2.45) is 0 Å². The molecule has 2 heterocycles. The van der Waals surface area contributed by atoms with Crippen molar-refractivity contribution in [2.45, 2.75) is 38.1 Å². The standard InChI is InChI=1S/C21H21NO3S2/c1-24-16-9-7-14(8-10-16)17-11-12-25-18(17)13-19-20(23)22(21(26)27-19)15-5-3-2-4-6-15/h7-13,15H,2-6H2,1H3/b19-13-. The first-order valence-electron chi connectivity index (χ1n) is 9.16. The van der Waals surface area contributed by atoms with E-state index in [1.54, 1.807) is 13.4 Å². The van der Waals surface area contributed by atoms with Crippen molar-refractivity contribution in [2.75, 3.05) is 7.11 Å². The molecule has 1 amide bonds. The van der Waals surface area contributed by atoms with Crippen molar-refractivity contribution in [3.63, 3.8) is 0 Å². The summed E-state index contributed by atoms with van der Waals surface area (Å²) < 4.78 is 11.5. The molecule has 0 atom stereocenters. The van der Waals surface area contributed by atoms with E-state index in [0.717, 1.165) is 29.7 Å². The lowest BCUT2D eigenvalue weighted by Gasteiger charge is -2.29. The summed E-state index contributed by atoms with van der Waals surface area (Å²) in [5.74, 6) is 1.48. The molecule has 27 heavy (non-hydrogen) atoms. The SMILES string of the molecule is COc1ccc(-c2ccoc2/C=C2\SC(=S)N(C3CCCCC3)C2=O)cc1. The number of hydrogen-bond donors (Lipinski definition) is 0. The minimum absolute atomic E-state index is 0.00832. The number of methoxy groups -OCH3 is 1. The Morgan fingerprint density at radius 1 is 1.19 bits per heavy atom. The van der Waals surface area contributed by atoms with Crippen LogP contribution in [0.3, 0.4) is 0 Å². The highest BCUT2D eigenvalue weighted by Gasteiger charge is 2.37. The molecule has 2 aliphatic rings. The number of furan rings is 1. The summed E-state index contributed by atoms with van der Waals surface area (Å²) >= 11 is 6.88. The van der Waals surface area contributed by atoms with Gasteiger partial charge in [0, 0.05) is 17.7 Å². The van der Waals surface area contributed by atoms with Gasteiger partial charge in [0.15, 0.2) is 0 Å². The van der Waals surface area contributed by atoms with Crippen molar-refractivity contribution >= 4 is 40.3 Å². The number of carbonyl (C=O) groups is 1. The molecule has 2 aromatic rings. The van der Waals surface area contributed by atoms with Crippen molar-refractivity contribution < 1.29 is 13.9 Å². The second-order valence-corrected chi connectivity index (χ2v) is 8.45. The van der Waals surface area contributed by atoms with Crippen LogP contribution in [0.25, 0.3) is 17.2 Å². The van der Waals surface area contributed by atoms with Crippen molar-refractivity contribution in [1.29, 1.82) is 0 Å². The molecule has 1 aliphatic heterocycles. The molecule has 1 saturated carbocycles. The van der Waals surface area contributed by atoms with E-state index in [1.165, 1.54) is 31.0 Å². The Bertz CT molecular complexity index is 879. The molecule has 1 aromatic heterocycles. The summed E-state index contributed by atoms with van der Waals surface area (Å²) in [4.78, 5) is 15.4. The van der Waals surface area contributed by atoms with Gasteiger partial charge in [-0.3, -0.25) is 9.69 Å². The van der Waals surface area contributed by atoms with Crippen molar-refractivity contribution in [3.8, 4) is 16.9 Å². The van der Waals surface area contributed by atoms with Gasteiger partial charge in [-0.1, -0.05) is 55.4 Å². The van der Waals surface area contributed by atoms with Gasteiger partial charge in [0.2, 0.25) is 0 Å². The Hall–Kier alpha value is -2.05. The predicted octanol–water partition coefficient (Wildman–Crippen LogP) is 5.49. The molecule has 0 radical (unpaired) electrons. The fourth-order valence-corrected chi connectivity index (χ4v) is 5.07. The maximum atomic E-state index is 13.0. The van der Waals surface area contributed by atoms with Crippen LogP contribution in [0.15, 0.2) is 45.9 Å². The second-order valence-electron chi connectivity index (χ2n) is 6.77. The number of thioether (sulfide) groups is 1. The average molecular weight is 400 g/mol. The minimum Gasteiger partial charge on any atom is -0.497 e. The van der Waals surface area contributed by atoms with Gasteiger partial charge in [-0.15, -0.1) is 0 Å². The van der Waals surface area contributed by atoms with E-state index < -0.39 is 0 Å². The Morgan fingerprint density at radius 3 is 2.63 bits per heavy atom.